The minimum absolute atomic E-state index is 0.792. The van der Waals surface area contributed by atoms with Crippen molar-refractivity contribution in [2.24, 2.45) is 0 Å². The van der Waals surface area contributed by atoms with Crippen LogP contribution in [-0.4, -0.2) is 14.9 Å². The van der Waals surface area contributed by atoms with Gasteiger partial charge in [-0.3, -0.25) is 0 Å². The molecule has 0 aromatic rings. The van der Waals surface area contributed by atoms with E-state index in [1.54, 1.807) is 0 Å². The summed E-state index contributed by atoms with van der Waals surface area (Å²) in [7, 11) is -1.67. The molecule has 0 spiro atoms. The summed E-state index contributed by atoms with van der Waals surface area (Å²) in [5.41, 5.74) is 2.38. The van der Waals surface area contributed by atoms with Gasteiger partial charge in [0, 0.05) is 6.61 Å². The van der Waals surface area contributed by atoms with E-state index in [1.165, 1.54) is 38.5 Å². The molecular weight excluding hydrogens is 248 g/mol. The SMILES string of the molecule is CCCC(C)[Si](OCC)(C(C)CCC)C(C)CCC. The van der Waals surface area contributed by atoms with Crippen LogP contribution in [0.25, 0.3) is 0 Å². The van der Waals surface area contributed by atoms with Gasteiger partial charge in [0.15, 0.2) is 0 Å². The summed E-state index contributed by atoms with van der Waals surface area (Å²) in [5, 5.41) is 0. The van der Waals surface area contributed by atoms with Crippen LogP contribution in [0, 0.1) is 0 Å². The minimum Gasteiger partial charge on any atom is -0.416 e. The first-order valence-corrected chi connectivity index (χ1v) is 10.8. The Morgan fingerprint density at radius 2 is 1.00 bits per heavy atom. The normalized spacial score (nSPS) is 19.7. The molecule has 0 N–H and O–H groups in total. The third-order valence-electron chi connectivity index (χ3n) is 4.87. The summed E-state index contributed by atoms with van der Waals surface area (Å²) in [6.07, 6.45) is 7.90. The predicted molar refractivity (Wildman–Crippen MR) is 90.4 cm³/mol. The highest BCUT2D eigenvalue weighted by atomic mass is 28.4. The smallest absolute Gasteiger partial charge is 0.201 e. The second-order valence-electron chi connectivity index (χ2n) is 6.36. The highest BCUT2D eigenvalue weighted by molar-refractivity contribution is 6.77. The Kier molecular flexibility index (Phi) is 10.1. The molecule has 0 saturated heterocycles. The maximum Gasteiger partial charge on any atom is 0.201 e. The van der Waals surface area contributed by atoms with Gasteiger partial charge in [-0.05, 0) is 23.5 Å². The molecule has 0 amide bonds. The van der Waals surface area contributed by atoms with Crippen LogP contribution in [-0.2, 0) is 4.43 Å². The molecule has 19 heavy (non-hydrogen) atoms. The number of hydrogen-bond acceptors (Lipinski definition) is 1. The fourth-order valence-corrected chi connectivity index (χ4v) is 10.6. The molecule has 0 fully saturated rings. The van der Waals surface area contributed by atoms with Crippen molar-refractivity contribution in [3.63, 3.8) is 0 Å². The van der Waals surface area contributed by atoms with E-state index in [9.17, 15) is 0 Å². The Hall–Kier alpha value is 0.177. The molecule has 3 atom stereocenters. The topological polar surface area (TPSA) is 9.23 Å². The lowest BCUT2D eigenvalue weighted by molar-refractivity contribution is 0.284. The van der Waals surface area contributed by atoms with Crippen molar-refractivity contribution in [2.75, 3.05) is 6.61 Å². The van der Waals surface area contributed by atoms with Crippen LogP contribution >= 0.6 is 0 Å². The molecule has 0 aliphatic carbocycles. The lowest BCUT2D eigenvalue weighted by Gasteiger charge is -2.46. The Balaban J connectivity index is 5.30. The van der Waals surface area contributed by atoms with Crippen LogP contribution in [0.5, 0.6) is 0 Å². The molecule has 116 valence electrons. The van der Waals surface area contributed by atoms with E-state index in [0.717, 1.165) is 23.2 Å². The first-order valence-electron chi connectivity index (χ1n) is 8.64. The van der Waals surface area contributed by atoms with Crippen LogP contribution in [0.2, 0.25) is 16.6 Å². The number of hydrogen-bond donors (Lipinski definition) is 0. The zero-order chi connectivity index (χ0) is 14.9. The molecule has 0 rings (SSSR count). The van der Waals surface area contributed by atoms with Gasteiger partial charge in [0.25, 0.3) is 0 Å². The van der Waals surface area contributed by atoms with Crippen LogP contribution in [0.3, 0.4) is 0 Å². The zero-order valence-electron chi connectivity index (χ0n) is 14.6. The van der Waals surface area contributed by atoms with Gasteiger partial charge in [0.1, 0.15) is 0 Å². The Bertz CT molecular complexity index is 186. The van der Waals surface area contributed by atoms with E-state index in [4.69, 9.17) is 4.43 Å². The van der Waals surface area contributed by atoms with E-state index < -0.39 is 8.32 Å². The summed E-state index contributed by atoms with van der Waals surface area (Å²) < 4.78 is 6.61. The van der Waals surface area contributed by atoms with Crippen molar-refractivity contribution < 1.29 is 4.43 Å². The van der Waals surface area contributed by atoms with E-state index in [-0.39, 0.29) is 0 Å². The lowest BCUT2D eigenvalue weighted by Crippen LogP contribution is -2.50. The molecule has 0 aliphatic rings. The maximum atomic E-state index is 6.61. The minimum atomic E-state index is -1.67. The third kappa shape index (κ3) is 4.89. The highest BCUT2D eigenvalue weighted by Crippen LogP contribution is 2.48. The van der Waals surface area contributed by atoms with Crippen LogP contribution in [0.15, 0.2) is 0 Å². The fourth-order valence-electron chi connectivity index (χ4n) is 4.11. The van der Waals surface area contributed by atoms with Gasteiger partial charge in [-0.15, -0.1) is 0 Å². The third-order valence-corrected chi connectivity index (χ3v) is 11.1. The highest BCUT2D eigenvalue weighted by Gasteiger charge is 2.48. The van der Waals surface area contributed by atoms with Gasteiger partial charge < -0.3 is 4.43 Å². The zero-order valence-corrected chi connectivity index (χ0v) is 15.6. The quantitative estimate of drug-likeness (QED) is 0.392. The van der Waals surface area contributed by atoms with E-state index in [0.29, 0.717) is 0 Å². The molecule has 0 aliphatic heterocycles. The summed E-state index contributed by atoms with van der Waals surface area (Å²) >= 11 is 0. The first kappa shape index (κ1) is 19.2. The monoisotopic (exact) mass is 286 g/mol. The maximum absolute atomic E-state index is 6.61. The molecule has 0 heterocycles. The van der Waals surface area contributed by atoms with Crippen LogP contribution < -0.4 is 0 Å². The number of rotatable bonds is 11. The predicted octanol–water partition coefficient (Wildman–Crippen LogP) is 6.54. The van der Waals surface area contributed by atoms with E-state index in [1.807, 2.05) is 0 Å². The van der Waals surface area contributed by atoms with Crippen molar-refractivity contribution in [2.45, 2.75) is 104 Å². The second-order valence-corrected chi connectivity index (χ2v) is 11.3. The van der Waals surface area contributed by atoms with Gasteiger partial charge >= 0.3 is 0 Å². The van der Waals surface area contributed by atoms with Gasteiger partial charge in [-0.2, -0.15) is 0 Å². The fraction of sp³-hybridized carbons (Fsp3) is 1.00. The standard InChI is InChI=1S/C17H38OSi/c1-8-12-15(5)19(18-11-4,16(6)13-9-2)17(7)14-10-3/h15-17H,8-14H2,1-7H3. The molecule has 0 saturated carbocycles. The summed E-state index contributed by atoms with van der Waals surface area (Å²) in [4.78, 5) is 0. The second kappa shape index (κ2) is 9.98. The van der Waals surface area contributed by atoms with Gasteiger partial charge in [0.05, 0.1) is 0 Å². The molecule has 0 bridgehead atoms. The van der Waals surface area contributed by atoms with E-state index in [2.05, 4.69) is 48.5 Å². The molecule has 0 aromatic heterocycles. The first-order chi connectivity index (χ1) is 9.00. The van der Waals surface area contributed by atoms with Crippen molar-refractivity contribution in [3.8, 4) is 0 Å². The van der Waals surface area contributed by atoms with Crippen molar-refractivity contribution in [3.05, 3.63) is 0 Å². The molecule has 1 nitrogen and oxygen atoms in total. The summed E-state index contributed by atoms with van der Waals surface area (Å²) in [6, 6.07) is 0. The summed E-state index contributed by atoms with van der Waals surface area (Å²) in [6.45, 7) is 17.5. The lowest BCUT2D eigenvalue weighted by atomic mass is 10.2. The van der Waals surface area contributed by atoms with Crippen LogP contribution in [0.4, 0.5) is 0 Å². The van der Waals surface area contributed by atoms with Crippen molar-refractivity contribution in [1.82, 2.24) is 0 Å². The van der Waals surface area contributed by atoms with Gasteiger partial charge in [-0.1, -0.05) is 80.1 Å². The Morgan fingerprint density at radius 3 is 1.21 bits per heavy atom. The van der Waals surface area contributed by atoms with Crippen molar-refractivity contribution in [1.29, 1.82) is 0 Å². The molecule has 2 heteroatoms. The van der Waals surface area contributed by atoms with E-state index >= 15 is 0 Å². The molecule has 0 radical (unpaired) electrons. The van der Waals surface area contributed by atoms with Crippen LogP contribution in [0.1, 0.15) is 87.0 Å². The average Bonchev–Trinajstić information content (AvgIpc) is 2.36. The largest absolute Gasteiger partial charge is 0.416 e. The molecular formula is C17H38OSi. The molecule has 0 aromatic carbocycles. The van der Waals surface area contributed by atoms with Gasteiger partial charge in [0.2, 0.25) is 8.32 Å². The van der Waals surface area contributed by atoms with Gasteiger partial charge in [-0.25, -0.2) is 0 Å². The average molecular weight is 287 g/mol. The Labute approximate surface area is 123 Å². The Morgan fingerprint density at radius 1 is 0.684 bits per heavy atom. The molecule has 3 unspecified atom stereocenters. The van der Waals surface area contributed by atoms with Crippen molar-refractivity contribution >= 4 is 8.32 Å². The summed E-state index contributed by atoms with van der Waals surface area (Å²) in [5.74, 6) is 0.